The van der Waals surface area contributed by atoms with Gasteiger partial charge in [-0.2, -0.15) is 0 Å². The fraction of sp³-hybridized carbons (Fsp3) is 0.625. The van der Waals surface area contributed by atoms with Crippen LogP contribution in [0.2, 0.25) is 0 Å². The zero-order valence-electron chi connectivity index (χ0n) is 12.6. The summed E-state index contributed by atoms with van der Waals surface area (Å²) >= 11 is 0. The smallest absolute Gasteiger partial charge is 0.127 e. The Labute approximate surface area is 121 Å². The minimum absolute atomic E-state index is 0.0686. The quantitative estimate of drug-likeness (QED) is 0.866. The number of likely N-dealkylation sites (N-methyl/N-ethyl adjacent to an activating group) is 1. The van der Waals surface area contributed by atoms with Gasteiger partial charge < -0.3 is 10.1 Å². The summed E-state index contributed by atoms with van der Waals surface area (Å²) in [6.45, 7) is 7.59. The molecule has 0 bridgehead atoms. The van der Waals surface area contributed by atoms with Gasteiger partial charge in [0.2, 0.25) is 0 Å². The molecule has 1 aromatic rings. The van der Waals surface area contributed by atoms with Crippen LogP contribution in [-0.4, -0.2) is 44.3 Å². The van der Waals surface area contributed by atoms with Crippen LogP contribution < -0.4 is 5.32 Å². The number of rotatable bonds is 6. The lowest BCUT2D eigenvalue weighted by Gasteiger charge is -2.29. The van der Waals surface area contributed by atoms with Crippen molar-refractivity contribution in [3.05, 3.63) is 35.6 Å². The molecule has 4 heteroatoms. The topological polar surface area (TPSA) is 24.5 Å². The first-order valence-corrected chi connectivity index (χ1v) is 7.39. The lowest BCUT2D eigenvalue weighted by atomic mass is 10.0. The fourth-order valence-corrected chi connectivity index (χ4v) is 2.85. The van der Waals surface area contributed by atoms with E-state index in [9.17, 15) is 4.39 Å². The lowest BCUT2D eigenvalue weighted by Crippen LogP contribution is -2.41. The summed E-state index contributed by atoms with van der Waals surface area (Å²) in [4.78, 5) is 2.21. The second-order valence-corrected chi connectivity index (χ2v) is 5.60. The van der Waals surface area contributed by atoms with E-state index >= 15 is 0 Å². The first-order valence-electron chi connectivity index (χ1n) is 7.39. The number of ether oxygens (including phenoxy) is 1. The van der Waals surface area contributed by atoms with E-state index in [0.717, 1.165) is 31.9 Å². The third-order valence-corrected chi connectivity index (χ3v) is 4.20. The van der Waals surface area contributed by atoms with Crippen molar-refractivity contribution in [1.29, 1.82) is 0 Å². The molecule has 3 unspecified atom stereocenters. The third-order valence-electron chi connectivity index (χ3n) is 4.20. The first kappa shape index (κ1) is 15.4. The number of halogens is 1. The van der Waals surface area contributed by atoms with Gasteiger partial charge in [-0.15, -0.1) is 0 Å². The molecule has 0 aliphatic carbocycles. The first-order chi connectivity index (χ1) is 9.63. The second-order valence-electron chi connectivity index (χ2n) is 5.60. The molecule has 0 amide bonds. The molecule has 3 atom stereocenters. The van der Waals surface area contributed by atoms with Crippen LogP contribution in [-0.2, 0) is 4.74 Å². The number of nitrogens with one attached hydrogen (secondary N) is 1. The molecule has 1 aromatic carbocycles. The summed E-state index contributed by atoms with van der Waals surface area (Å²) in [7, 11) is 2.05. The summed E-state index contributed by atoms with van der Waals surface area (Å²) in [5, 5.41) is 3.46. The monoisotopic (exact) mass is 280 g/mol. The van der Waals surface area contributed by atoms with Crippen LogP contribution in [0.25, 0.3) is 0 Å². The van der Waals surface area contributed by atoms with Gasteiger partial charge in [0, 0.05) is 30.1 Å². The predicted octanol–water partition coefficient (Wildman–Crippen LogP) is 2.44. The van der Waals surface area contributed by atoms with E-state index in [2.05, 4.69) is 31.1 Å². The Morgan fingerprint density at radius 2 is 2.15 bits per heavy atom. The van der Waals surface area contributed by atoms with Crippen LogP contribution in [0.5, 0.6) is 0 Å². The minimum Gasteiger partial charge on any atom is -0.379 e. The Balaban J connectivity index is 1.97. The molecule has 0 saturated carbocycles. The second kappa shape index (κ2) is 7.16. The Kier molecular flexibility index (Phi) is 5.52. The number of benzene rings is 1. The highest BCUT2D eigenvalue weighted by molar-refractivity contribution is 5.20. The maximum Gasteiger partial charge on any atom is 0.127 e. The van der Waals surface area contributed by atoms with E-state index in [1.807, 2.05) is 12.1 Å². The Bertz CT molecular complexity index is 427. The molecule has 1 aliphatic rings. The molecular formula is C16H25FN2O. The average molecular weight is 280 g/mol. The van der Waals surface area contributed by atoms with Gasteiger partial charge in [-0.25, -0.2) is 4.39 Å². The Hall–Kier alpha value is -0.970. The maximum absolute atomic E-state index is 13.8. The van der Waals surface area contributed by atoms with Crippen molar-refractivity contribution < 1.29 is 9.13 Å². The van der Waals surface area contributed by atoms with Gasteiger partial charge in [0.25, 0.3) is 0 Å². The van der Waals surface area contributed by atoms with Crippen molar-refractivity contribution in [1.82, 2.24) is 10.2 Å². The third kappa shape index (κ3) is 3.57. The molecule has 0 spiro atoms. The molecule has 0 aromatic heterocycles. The van der Waals surface area contributed by atoms with Crippen molar-refractivity contribution >= 4 is 0 Å². The van der Waals surface area contributed by atoms with Gasteiger partial charge in [-0.3, -0.25) is 4.90 Å². The van der Waals surface area contributed by atoms with Crippen LogP contribution in [0.1, 0.15) is 25.5 Å². The molecule has 112 valence electrons. The average Bonchev–Trinajstić information content (AvgIpc) is 2.86. The van der Waals surface area contributed by atoms with Crippen LogP contribution in [0.15, 0.2) is 24.3 Å². The van der Waals surface area contributed by atoms with Crippen molar-refractivity contribution in [2.75, 3.05) is 33.4 Å². The molecule has 1 saturated heterocycles. The van der Waals surface area contributed by atoms with Crippen LogP contribution in [0, 0.1) is 11.7 Å². The maximum atomic E-state index is 13.8. The Morgan fingerprint density at radius 3 is 2.85 bits per heavy atom. The van der Waals surface area contributed by atoms with Gasteiger partial charge in [0.1, 0.15) is 5.82 Å². The molecular weight excluding hydrogens is 255 g/mol. The van der Waals surface area contributed by atoms with E-state index in [1.165, 1.54) is 6.07 Å². The molecule has 1 heterocycles. The molecule has 1 fully saturated rings. The number of nitrogens with zero attached hydrogens (tertiary/aromatic N) is 1. The van der Waals surface area contributed by atoms with Gasteiger partial charge in [0.05, 0.1) is 13.2 Å². The van der Waals surface area contributed by atoms with E-state index in [-0.39, 0.29) is 11.9 Å². The van der Waals surface area contributed by atoms with Crippen LogP contribution in [0.4, 0.5) is 4.39 Å². The summed E-state index contributed by atoms with van der Waals surface area (Å²) in [5.74, 6) is 0.340. The SMILES string of the molecule is CCNC1COCC1CN(C)C(C)c1ccccc1F. The van der Waals surface area contributed by atoms with Crippen molar-refractivity contribution in [2.24, 2.45) is 5.92 Å². The zero-order valence-corrected chi connectivity index (χ0v) is 12.6. The van der Waals surface area contributed by atoms with E-state index < -0.39 is 0 Å². The molecule has 0 radical (unpaired) electrons. The summed E-state index contributed by atoms with van der Waals surface area (Å²) in [6.07, 6.45) is 0. The highest BCUT2D eigenvalue weighted by Crippen LogP contribution is 2.24. The van der Waals surface area contributed by atoms with E-state index in [0.29, 0.717) is 12.0 Å². The molecule has 3 nitrogen and oxygen atoms in total. The highest BCUT2D eigenvalue weighted by Gasteiger charge is 2.29. The van der Waals surface area contributed by atoms with Crippen molar-refractivity contribution in [2.45, 2.75) is 25.9 Å². The van der Waals surface area contributed by atoms with Gasteiger partial charge in [-0.05, 0) is 26.6 Å². The molecule has 1 N–H and O–H groups in total. The largest absolute Gasteiger partial charge is 0.379 e. The lowest BCUT2D eigenvalue weighted by molar-refractivity contribution is 0.163. The molecule has 20 heavy (non-hydrogen) atoms. The standard InChI is InChI=1S/C16H25FN2O/c1-4-18-16-11-20-10-13(16)9-19(3)12(2)14-7-5-6-8-15(14)17/h5-8,12-13,16,18H,4,9-11H2,1-3H3. The minimum atomic E-state index is -0.127. The summed E-state index contributed by atoms with van der Waals surface area (Å²) in [5.41, 5.74) is 0.758. The van der Waals surface area contributed by atoms with Crippen molar-refractivity contribution in [3.8, 4) is 0 Å². The van der Waals surface area contributed by atoms with E-state index in [4.69, 9.17) is 4.74 Å². The highest BCUT2D eigenvalue weighted by atomic mass is 19.1. The van der Waals surface area contributed by atoms with Crippen molar-refractivity contribution in [3.63, 3.8) is 0 Å². The van der Waals surface area contributed by atoms with Gasteiger partial charge in [-0.1, -0.05) is 25.1 Å². The Morgan fingerprint density at radius 1 is 1.40 bits per heavy atom. The number of hydrogen-bond acceptors (Lipinski definition) is 3. The normalized spacial score (nSPS) is 24.2. The molecule has 2 rings (SSSR count). The summed E-state index contributed by atoms with van der Waals surface area (Å²) < 4.78 is 19.4. The van der Waals surface area contributed by atoms with Crippen LogP contribution >= 0.6 is 0 Å². The molecule has 1 aliphatic heterocycles. The van der Waals surface area contributed by atoms with Crippen LogP contribution in [0.3, 0.4) is 0 Å². The number of hydrogen-bond donors (Lipinski definition) is 1. The summed E-state index contributed by atoms with van der Waals surface area (Å²) in [6, 6.07) is 7.50. The zero-order chi connectivity index (χ0) is 14.5. The fourth-order valence-electron chi connectivity index (χ4n) is 2.85. The van der Waals surface area contributed by atoms with Gasteiger partial charge >= 0.3 is 0 Å². The van der Waals surface area contributed by atoms with E-state index in [1.54, 1.807) is 6.07 Å². The predicted molar refractivity (Wildman–Crippen MR) is 79.2 cm³/mol. The van der Waals surface area contributed by atoms with Gasteiger partial charge in [0.15, 0.2) is 0 Å².